The Morgan fingerprint density at radius 3 is 2.03 bits per heavy atom. The molecule has 0 saturated heterocycles. The number of carbonyl (C=O) groups is 1. The molecule has 176 valence electrons. The monoisotopic (exact) mass is 428 g/mol. The molecule has 0 aliphatic heterocycles. The molecule has 2 rings (SSSR count). The summed E-state index contributed by atoms with van der Waals surface area (Å²) in [4.78, 5) is 12.6. The maximum absolute atomic E-state index is 12.6. The fraction of sp³-hybridized carbons (Fsp3) is 0.750. The number of hydrogen-bond acceptors (Lipinski definition) is 2. The third kappa shape index (κ3) is 11.2. The molecule has 0 spiro atoms. The first-order valence-corrected chi connectivity index (χ1v) is 13.1. The summed E-state index contributed by atoms with van der Waals surface area (Å²) in [5, 5.41) is 3.20. The Morgan fingerprint density at radius 2 is 1.42 bits per heavy atom. The van der Waals surface area contributed by atoms with Crippen LogP contribution in [0.3, 0.4) is 0 Å². The molecule has 1 fully saturated rings. The zero-order chi connectivity index (χ0) is 22.3. The molecule has 3 nitrogen and oxygen atoms in total. The normalized spacial score (nSPS) is 26.1. The molecule has 1 aliphatic carbocycles. The molecule has 1 aliphatic rings. The van der Waals surface area contributed by atoms with E-state index in [0.717, 1.165) is 18.0 Å². The SMILES string of the molecule is CC1CCCCCCCCCCCCC(CNC(=O)C(N)Cc2ccccc2)CC1C. The van der Waals surface area contributed by atoms with E-state index in [9.17, 15) is 4.79 Å². The van der Waals surface area contributed by atoms with Gasteiger partial charge in [-0.1, -0.05) is 115 Å². The summed E-state index contributed by atoms with van der Waals surface area (Å²) in [6, 6.07) is 9.61. The standard InChI is InChI=1S/C28H48N2O/c1-23-16-12-9-7-5-3-4-6-8-10-13-19-26(20-24(23)2)22-30-28(31)27(29)21-25-17-14-11-15-18-25/h11,14-15,17-18,23-24,26-27H,3-10,12-13,16,19-22,29H2,1-2H3,(H,30,31). The molecule has 1 saturated carbocycles. The van der Waals surface area contributed by atoms with Crippen molar-refractivity contribution >= 4 is 5.91 Å². The lowest BCUT2D eigenvalue weighted by atomic mass is 9.82. The second-order valence-corrected chi connectivity index (χ2v) is 10.2. The van der Waals surface area contributed by atoms with Crippen LogP contribution in [-0.2, 0) is 11.2 Å². The zero-order valence-electron chi connectivity index (χ0n) is 20.3. The number of rotatable bonds is 5. The molecule has 0 heterocycles. The first kappa shape index (κ1) is 25.9. The van der Waals surface area contributed by atoms with Crippen LogP contribution in [0.2, 0.25) is 0 Å². The van der Waals surface area contributed by atoms with Gasteiger partial charge in [-0.3, -0.25) is 4.79 Å². The number of carbonyl (C=O) groups excluding carboxylic acids is 1. The van der Waals surface area contributed by atoms with Crippen LogP contribution in [0.1, 0.15) is 103 Å². The highest BCUT2D eigenvalue weighted by Gasteiger charge is 2.20. The second kappa shape index (κ2) is 15.5. The molecule has 3 heteroatoms. The van der Waals surface area contributed by atoms with Crippen molar-refractivity contribution < 1.29 is 4.79 Å². The van der Waals surface area contributed by atoms with Crippen molar-refractivity contribution in [3.05, 3.63) is 35.9 Å². The third-order valence-electron chi connectivity index (χ3n) is 7.40. The van der Waals surface area contributed by atoms with E-state index in [1.165, 1.54) is 83.5 Å². The van der Waals surface area contributed by atoms with Gasteiger partial charge in [-0.15, -0.1) is 0 Å². The molecular formula is C28H48N2O. The van der Waals surface area contributed by atoms with Crippen LogP contribution >= 0.6 is 0 Å². The fourth-order valence-electron chi connectivity index (χ4n) is 5.00. The highest BCUT2D eigenvalue weighted by atomic mass is 16.2. The van der Waals surface area contributed by atoms with Crippen LogP contribution in [0.4, 0.5) is 0 Å². The first-order chi connectivity index (χ1) is 15.1. The van der Waals surface area contributed by atoms with Gasteiger partial charge in [0.15, 0.2) is 0 Å². The molecular weight excluding hydrogens is 380 g/mol. The van der Waals surface area contributed by atoms with E-state index in [0.29, 0.717) is 18.3 Å². The number of hydrogen-bond donors (Lipinski definition) is 2. The minimum Gasteiger partial charge on any atom is -0.354 e. The predicted octanol–water partition coefficient (Wildman–Crippen LogP) is 6.65. The average molecular weight is 429 g/mol. The van der Waals surface area contributed by atoms with Gasteiger partial charge in [0.1, 0.15) is 0 Å². The average Bonchev–Trinajstić information content (AvgIpc) is 2.77. The molecule has 31 heavy (non-hydrogen) atoms. The van der Waals surface area contributed by atoms with Crippen molar-refractivity contribution in [3.63, 3.8) is 0 Å². The van der Waals surface area contributed by atoms with Crippen molar-refractivity contribution in [2.75, 3.05) is 6.54 Å². The molecule has 1 amide bonds. The molecule has 4 atom stereocenters. The Bertz CT molecular complexity index is 588. The van der Waals surface area contributed by atoms with Gasteiger partial charge >= 0.3 is 0 Å². The number of nitrogens with one attached hydrogen (secondary N) is 1. The predicted molar refractivity (Wildman–Crippen MR) is 133 cm³/mol. The van der Waals surface area contributed by atoms with Gasteiger partial charge in [-0.25, -0.2) is 0 Å². The molecule has 1 aromatic rings. The minimum absolute atomic E-state index is 0.00306. The summed E-state index contributed by atoms with van der Waals surface area (Å²) in [5.74, 6) is 2.05. The zero-order valence-corrected chi connectivity index (χ0v) is 20.3. The van der Waals surface area contributed by atoms with E-state index in [2.05, 4.69) is 19.2 Å². The fourth-order valence-corrected chi connectivity index (χ4v) is 5.00. The Hall–Kier alpha value is -1.35. The minimum atomic E-state index is -0.468. The molecule has 0 bridgehead atoms. The second-order valence-electron chi connectivity index (χ2n) is 10.2. The van der Waals surface area contributed by atoms with E-state index in [-0.39, 0.29) is 5.91 Å². The van der Waals surface area contributed by atoms with Crippen molar-refractivity contribution in [2.45, 2.75) is 110 Å². The van der Waals surface area contributed by atoms with Gasteiger partial charge in [0.25, 0.3) is 0 Å². The van der Waals surface area contributed by atoms with Gasteiger partial charge in [-0.2, -0.15) is 0 Å². The molecule has 4 unspecified atom stereocenters. The van der Waals surface area contributed by atoms with Gasteiger partial charge in [0.05, 0.1) is 6.04 Å². The molecule has 0 aromatic heterocycles. The molecule has 0 radical (unpaired) electrons. The Labute approximate surface area is 192 Å². The summed E-state index contributed by atoms with van der Waals surface area (Å²) in [5.41, 5.74) is 7.32. The van der Waals surface area contributed by atoms with Crippen LogP contribution < -0.4 is 11.1 Å². The van der Waals surface area contributed by atoms with Crippen LogP contribution in [0.25, 0.3) is 0 Å². The van der Waals surface area contributed by atoms with Gasteiger partial charge in [0, 0.05) is 6.54 Å². The highest BCUT2D eigenvalue weighted by molar-refractivity contribution is 5.81. The van der Waals surface area contributed by atoms with Crippen molar-refractivity contribution in [1.82, 2.24) is 5.32 Å². The van der Waals surface area contributed by atoms with E-state index >= 15 is 0 Å². The largest absolute Gasteiger partial charge is 0.354 e. The number of benzene rings is 1. The summed E-state index contributed by atoms with van der Waals surface area (Å²) in [6.07, 6.45) is 18.2. The Balaban J connectivity index is 1.84. The summed E-state index contributed by atoms with van der Waals surface area (Å²) >= 11 is 0. The van der Waals surface area contributed by atoms with Gasteiger partial charge in [0.2, 0.25) is 5.91 Å². The smallest absolute Gasteiger partial charge is 0.237 e. The Kier molecular flexibility index (Phi) is 12.9. The summed E-state index contributed by atoms with van der Waals surface area (Å²) in [6.45, 7) is 5.63. The maximum atomic E-state index is 12.6. The van der Waals surface area contributed by atoms with Crippen molar-refractivity contribution in [3.8, 4) is 0 Å². The van der Waals surface area contributed by atoms with Gasteiger partial charge in [-0.05, 0) is 42.6 Å². The van der Waals surface area contributed by atoms with Crippen LogP contribution in [-0.4, -0.2) is 18.5 Å². The van der Waals surface area contributed by atoms with Crippen LogP contribution in [0.15, 0.2) is 30.3 Å². The highest BCUT2D eigenvalue weighted by Crippen LogP contribution is 2.28. The van der Waals surface area contributed by atoms with Crippen molar-refractivity contribution in [2.24, 2.45) is 23.5 Å². The van der Waals surface area contributed by atoms with Crippen molar-refractivity contribution in [1.29, 1.82) is 0 Å². The van der Waals surface area contributed by atoms with Gasteiger partial charge < -0.3 is 11.1 Å². The van der Waals surface area contributed by atoms with E-state index in [1.807, 2.05) is 30.3 Å². The number of amides is 1. The molecule has 1 aromatic carbocycles. The Morgan fingerprint density at radius 1 is 0.871 bits per heavy atom. The lowest BCUT2D eigenvalue weighted by Gasteiger charge is -2.26. The summed E-state index contributed by atoms with van der Waals surface area (Å²) < 4.78 is 0. The summed E-state index contributed by atoms with van der Waals surface area (Å²) in [7, 11) is 0. The van der Waals surface area contributed by atoms with Crippen LogP contribution in [0.5, 0.6) is 0 Å². The van der Waals surface area contributed by atoms with Crippen LogP contribution in [0, 0.1) is 17.8 Å². The first-order valence-electron chi connectivity index (χ1n) is 13.1. The van der Waals surface area contributed by atoms with E-state index < -0.39 is 6.04 Å². The number of nitrogens with two attached hydrogens (primary N) is 1. The van der Waals surface area contributed by atoms with E-state index in [1.54, 1.807) is 0 Å². The molecule has 3 N–H and O–H groups in total. The lowest BCUT2D eigenvalue weighted by molar-refractivity contribution is -0.122. The quantitative estimate of drug-likeness (QED) is 0.552. The lowest BCUT2D eigenvalue weighted by Crippen LogP contribution is -2.43. The van der Waals surface area contributed by atoms with E-state index in [4.69, 9.17) is 5.73 Å². The topological polar surface area (TPSA) is 55.1 Å². The third-order valence-corrected chi connectivity index (χ3v) is 7.40. The maximum Gasteiger partial charge on any atom is 0.237 e.